The highest BCUT2D eigenvalue weighted by Crippen LogP contribution is 2.19. The molecule has 1 aromatic carbocycles. The van der Waals surface area contributed by atoms with E-state index in [1.54, 1.807) is 12.2 Å². The third kappa shape index (κ3) is 3.96. The predicted octanol–water partition coefficient (Wildman–Crippen LogP) is 2.01. The number of hydrogen-bond acceptors (Lipinski definition) is 2. The molecule has 2 N–H and O–H groups in total. The average Bonchev–Trinajstić information content (AvgIpc) is 2.43. The van der Waals surface area contributed by atoms with E-state index in [0.29, 0.717) is 5.57 Å². The molecule has 0 aliphatic carbocycles. The Morgan fingerprint density at radius 3 is 2.26 bits per heavy atom. The molecule has 0 unspecified atom stereocenters. The maximum Gasteiger partial charge on any atom is 0.394 e. The van der Waals surface area contributed by atoms with E-state index in [-0.39, 0.29) is 6.54 Å². The first-order chi connectivity index (χ1) is 9.10. The lowest BCUT2D eigenvalue weighted by Crippen LogP contribution is -2.32. The van der Waals surface area contributed by atoms with Gasteiger partial charge in [-0.25, -0.2) is 4.79 Å². The molecular weight excluding hydrogens is 242 g/mol. The Hall–Kier alpha value is -2.62. The molecule has 0 spiro atoms. The van der Waals surface area contributed by atoms with E-state index >= 15 is 0 Å². The van der Waals surface area contributed by atoms with Gasteiger partial charge in [-0.2, -0.15) is 0 Å². The Labute approximate surface area is 111 Å². The summed E-state index contributed by atoms with van der Waals surface area (Å²) in [6.07, 6.45) is 3.23. The zero-order valence-electron chi connectivity index (χ0n) is 10.4. The number of carboxylic acids is 1. The van der Waals surface area contributed by atoms with Crippen LogP contribution in [0.2, 0.25) is 0 Å². The molecule has 0 aliphatic heterocycles. The maximum atomic E-state index is 11.0. The molecular formula is C15H15NO3. The Balaban J connectivity index is 3.00. The van der Waals surface area contributed by atoms with Gasteiger partial charge in [0.05, 0.1) is 0 Å². The summed E-state index contributed by atoms with van der Waals surface area (Å²) in [7, 11) is 0. The van der Waals surface area contributed by atoms with Crippen LogP contribution in [0.15, 0.2) is 61.2 Å². The van der Waals surface area contributed by atoms with Gasteiger partial charge in [0.1, 0.15) is 0 Å². The molecule has 0 aliphatic rings. The van der Waals surface area contributed by atoms with Crippen LogP contribution in [0.5, 0.6) is 0 Å². The van der Waals surface area contributed by atoms with Gasteiger partial charge in [0.25, 0.3) is 0 Å². The van der Waals surface area contributed by atoms with E-state index in [0.717, 1.165) is 11.1 Å². The number of aliphatic carboxylic acids is 1. The van der Waals surface area contributed by atoms with E-state index in [4.69, 9.17) is 5.11 Å². The van der Waals surface area contributed by atoms with Crippen molar-refractivity contribution in [2.45, 2.75) is 0 Å². The summed E-state index contributed by atoms with van der Waals surface area (Å²) in [4.78, 5) is 21.5. The topological polar surface area (TPSA) is 66.4 Å². The molecule has 0 bridgehead atoms. The van der Waals surface area contributed by atoms with E-state index in [9.17, 15) is 9.59 Å². The van der Waals surface area contributed by atoms with Crippen LogP contribution in [-0.2, 0) is 9.59 Å². The molecule has 0 radical (unpaired) electrons. The smallest absolute Gasteiger partial charge is 0.394 e. The average molecular weight is 257 g/mol. The van der Waals surface area contributed by atoms with Crippen LogP contribution in [0.25, 0.3) is 5.57 Å². The van der Waals surface area contributed by atoms with Crippen LogP contribution in [0.3, 0.4) is 0 Å². The fourth-order valence-corrected chi connectivity index (χ4v) is 1.58. The van der Waals surface area contributed by atoms with Crippen molar-refractivity contribution in [1.29, 1.82) is 0 Å². The highest BCUT2D eigenvalue weighted by Gasteiger charge is 2.11. The van der Waals surface area contributed by atoms with Gasteiger partial charge in [-0.3, -0.25) is 4.79 Å². The van der Waals surface area contributed by atoms with E-state index < -0.39 is 11.9 Å². The molecule has 0 saturated carbocycles. The normalized spacial score (nSPS) is 11.2. The summed E-state index contributed by atoms with van der Waals surface area (Å²) in [5.74, 6) is -2.56. The third-order valence-electron chi connectivity index (χ3n) is 2.51. The molecule has 19 heavy (non-hydrogen) atoms. The van der Waals surface area contributed by atoms with Crippen molar-refractivity contribution >= 4 is 17.4 Å². The molecule has 0 aromatic heterocycles. The van der Waals surface area contributed by atoms with Crippen LogP contribution in [-0.4, -0.2) is 23.5 Å². The number of carboxylic acid groups (broad SMARTS) is 1. The molecule has 0 atom stereocenters. The molecule has 1 rings (SSSR count). The Kier molecular flexibility index (Phi) is 5.29. The lowest BCUT2D eigenvalue weighted by atomic mass is 10.00. The first-order valence-electron chi connectivity index (χ1n) is 5.64. The minimum Gasteiger partial charge on any atom is -0.474 e. The molecule has 0 saturated heterocycles. The standard InChI is InChI=1S/C15H15NO3/c1-3-11(10-16-14(17)15(18)19)13(4-2)12-8-6-5-7-9-12/h3-9H,1-2,10H2,(H,16,17)(H,18,19)/b13-11-. The zero-order valence-corrected chi connectivity index (χ0v) is 10.4. The second-order valence-corrected chi connectivity index (χ2v) is 3.70. The van der Waals surface area contributed by atoms with Gasteiger partial charge in [-0.15, -0.1) is 0 Å². The van der Waals surface area contributed by atoms with Crippen LogP contribution >= 0.6 is 0 Å². The Morgan fingerprint density at radius 2 is 1.79 bits per heavy atom. The molecule has 0 heterocycles. The van der Waals surface area contributed by atoms with Gasteiger partial charge in [-0.1, -0.05) is 55.6 Å². The van der Waals surface area contributed by atoms with E-state index in [1.165, 1.54) is 0 Å². The molecule has 1 aromatic rings. The third-order valence-corrected chi connectivity index (χ3v) is 2.51. The Morgan fingerprint density at radius 1 is 1.16 bits per heavy atom. The number of hydrogen-bond donors (Lipinski definition) is 2. The van der Waals surface area contributed by atoms with Crippen molar-refractivity contribution in [2.24, 2.45) is 0 Å². The van der Waals surface area contributed by atoms with Gasteiger partial charge in [0.2, 0.25) is 0 Å². The monoisotopic (exact) mass is 257 g/mol. The van der Waals surface area contributed by atoms with Crippen molar-refractivity contribution in [2.75, 3.05) is 6.54 Å². The minimum atomic E-state index is -1.51. The number of amides is 1. The van der Waals surface area contributed by atoms with Crippen LogP contribution in [0.4, 0.5) is 0 Å². The van der Waals surface area contributed by atoms with Gasteiger partial charge in [0, 0.05) is 6.54 Å². The van der Waals surface area contributed by atoms with E-state index in [1.807, 2.05) is 30.3 Å². The predicted molar refractivity (Wildman–Crippen MR) is 74.4 cm³/mol. The molecule has 0 fully saturated rings. The van der Waals surface area contributed by atoms with Crippen LogP contribution in [0.1, 0.15) is 5.56 Å². The van der Waals surface area contributed by atoms with Gasteiger partial charge in [-0.05, 0) is 16.7 Å². The summed E-state index contributed by atoms with van der Waals surface area (Å²) in [5, 5.41) is 10.8. The maximum absolute atomic E-state index is 11.0. The van der Waals surface area contributed by atoms with Crippen molar-refractivity contribution in [1.82, 2.24) is 5.32 Å². The number of carbonyl (C=O) groups excluding carboxylic acids is 1. The highest BCUT2D eigenvalue weighted by atomic mass is 16.4. The van der Waals surface area contributed by atoms with Gasteiger partial charge < -0.3 is 10.4 Å². The van der Waals surface area contributed by atoms with Crippen molar-refractivity contribution < 1.29 is 14.7 Å². The number of allylic oxidation sites excluding steroid dienone is 2. The summed E-state index contributed by atoms with van der Waals surface area (Å²) in [6, 6.07) is 9.47. The first kappa shape index (κ1) is 14.4. The lowest BCUT2D eigenvalue weighted by molar-refractivity contribution is -0.150. The van der Waals surface area contributed by atoms with Gasteiger partial charge >= 0.3 is 11.9 Å². The summed E-state index contributed by atoms with van der Waals surface area (Å²) in [5.41, 5.74) is 2.44. The molecule has 4 nitrogen and oxygen atoms in total. The molecule has 98 valence electrons. The minimum absolute atomic E-state index is 0.0882. The van der Waals surface area contributed by atoms with E-state index in [2.05, 4.69) is 18.5 Å². The lowest BCUT2D eigenvalue weighted by Gasteiger charge is -2.10. The highest BCUT2D eigenvalue weighted by molar-refractivity contribution is 6.31. The number of nitrogens with one attached hydrogen (secondary N) is 1. The van der Waals surface area contributed by atoms with Gasteiger partial charge in [0.15, 0.2) is 0 Å². The van der Waals surface area contributed by atoms with Crippen LogP contribution < -0.4 is 5.32 Å². The van der Waals surface area contributed by atoms with Crippen molar-refractivity contribution in [3.8, 4) is 0 Å². The summed E-state index contributed by atoms with van der Waals surface area (Å²) in [6.45, 7) is 7.50. The number of carbonyl (C=O) groups is 2. The van der Waals surface area contributed by atoms with Crippen molar-refractivity contribution in [3.63, 3.8) is 0 Å². The first-order valence-corrected chi connectivity index (χ1v) is 5.64. The zero-order chi connectivity index (χ0) is 14.3. The van der Waals surface area contributed by atoms with Crippen molar-refractivity contribution in [3.05, 3.63) is 66.8 Å². The summed E-state index contributed by atoms with van der Waals surface area (Å²) >= 11 is 0. The second kappa shape index (κ2) is 6.96. The second-order valence-electron chi connectivity index (χ2n) is 3.70. The largest absolute Gasteiger partial charge is 0.474 e. The Bertz CT molecular complexity index is 530. The quantitative estimate of drug-likeness (QED) is 0.626. The molecule has 1 amide bonds. The SMILES string of the molecule is C=C/C(CNC(=O)C(=O)O)=C(\C=C)c1ccccc1. The van der Waals surface area contributed by atoms with Crippen LogP contribution in [0, 0.1) is 0 Å². The number of benzene rings is 1. The number of rotatable bonds is 5. The summed E-state index contributed by atoms with van der Waals surface area (Å²) < 4.78 is 0. The fraction of sp³-hybridized carbons (Fsp3) is 0.0667. The fourth-order valence-electron chi connectivity index (χ4n) is 1.58. The molecule has 4 heteroatoms.